The zero-order valence-electron chi connectivity index (χ0n) is 9.70. The van der Waals surface area contributed by atoms with Gasteiger partial charge in [-0.15, -0.1) is 0 Å². The Morgan fingerprint density at radius 1 is 1.28 bits per heavy atom. The number of pyridine rings is 1. The van der Waals surface area contributed by atoms with Crippen LogP contribution in [0.25, 0.3) is 0 Å². The van der Waals surface area contributed by atoms with E-state index in [9.17, 15) is 14.4 Å². The molecule has 0 atom stereocenters. The lowest BCUT2D eigenvalue weighted by atomic mass is 9.96. The third-order valence-corrected chi connectivity index (χ3v) is 2.80. The first kappa shape index (κ1) is 12.4. The van der Waals surface area contributed by atoms with Gasteiger partial charge in [0.15, 0.2) is 0 Å². The van der Waals surface area contributed by atoms with Gasteiger partial charge in [0.05, 0.1) is 5.56 Å². The number of hydrogen-bond acceptors (Lipinski definition) is 4. The summed E-state index contributed by atoms with van der Waals surface area (Å²) >= 11 is 5.81. The molecule has 1 heterocycles. The SMILES string of the molecule is CC(=O)NC1=C(Cl)C(=O)c2nc(C)ccc2C1=O. The summed E-state index contributed by atoms with van der Waals surface area (Å²) in [5, 5.41) is 1.97. The standard InChI is InChI=1S/C12H9ClN2O3/c1-5-3-4-7-9(14-5)12(18)8(13)10(11(7)17)15-6(2)16/h3-4H,1-2H3,(H,15,16). The number of fused-ring (bicyclic) bond motifs is 1. The molecule has 0 saturated heterocycles. The van der Waals surface area contributed by atoms with Crippen LogP contribution < -0.4 is 5.32 Å². The van der Waals surface area contributed by atoms with Gasteiger partial charge in [-0.25, -0.2) is 4.98 Å². The van der Waals surface area contributed by atoms with Crippen molar-refractivity contribution in [2.24, 2.45) is 0 Å². The van der Waals surface area contributed by atoms with Crippen LogP contribution in [-0.2, 0) is 4.79 Å². The molecule has 1 aliphatic carbocycles. The van der Waals surface area contributed by atoms with E-state index in [4.69, 9.17) is 11.6 Å². The highest BCUT2D eigenvalue weighted by molar-refractivity contribution is 6.49. The van der Waals surface area contributed by atoms with Crippen molar-refractivity contribution in [2.75, 3.05) is 0 Å². The lowest BCUT2D eigenvalue weighted by molar-refractivity contribution is -0.118. The predicted octanol–water partition coefficient (Wildman–Crippen LogP) is 1.36. The van der Waals surface area contributed by atoms with E-state index in [0.717, 1.165) is 0 Å². The summed E-state index contributed by atoms with van der Waals surface area (Å²) < 4.78 is 0. The lowest BCUT2D eigenvalue weighted by Crippen LogP contribution is -2.32. The van der Waals surface area contributed by atoms with E-state index in [1.54, 1.807) is 13.0 Å². The number of aromatic nitrogens is 1. The van der Waals surface area contributed by atoms with Gasteiger partial charge in [-0.1, -0.05) is 11.6 Å². The van der Waals surface area contributed by atoms with Gasteiger partial charge in [0.25, 0.3) is 0 Å². The highest BCUT2D eigenvalue weighted by Gasteiger charge is 2.33. The lowest BCUT2D eigenvalue weighted by Gasteiger charge is -2.17. The summed E-state index contributed by atoms with van der Waals surface area (Å²) in [5.41, 5.74) is 0.604. The van der Waals surface area contributed by atoms with Crippen molar-refractivity contribution in [1.29, 1.82) is 0 Å². The van der Waals surface area contributed by atoms with Crippen molar-refractivity contribution in [3.63, 3.8) is 0 Å². The van der Waals surface area contributed by atoms with Crippen LogP contribution in [0.2, 0.25) is 0 Å². The Morgan fingerprint density at radius 3 is 2.56 bits per heavy atom. The summed E-state index contributed by atoms with van der Waals surface area (Å²) in [4.78, 5) is 39.0. The Labute approximate surface area is 108 Å². The van der Waals surface area contributed by atoms with Gasteiger partial charge in [0.1, 0.15) is 16.4 Å². The van der Waals surface area contributed by atoms with Gasteiger partial charge in [-0.05, 0) is 19.1 Å². The molecule has 0 radical (unpaired) electrons. The number of rotatable bonds is 1. The molecule has 0 unspecified atom stereocenters. The number of Topliss-reactive ketones (excluding diaryl/α,β-unsaturated/α-hetero) is 2. The second-order valence-corrected chi connectivity index (χ2v) is 4.26. The number of carbonyl (C=O) groups is 3. The second kappa shape index (κ2) is 4.34. The Balaban J connectivity index is 2.60. The maximum atomic E-state index is 12.1. The number of hydrogen-bond donors (Lipinski definition) is 1. The fraction of sp³-hybridized carbons (Fsp3) is 0.167. The third kappa shape index (κ3) is 1.93. The molecule has 0 fully saturated rings. The Hall–Kier alpha value is -2.01. The minimum absolute atomic E-state index is 0.0269. The first-order valence-electron chi connectivity index (χ1n) is 5.16. The van der Waals surface area contributed by atoms with E-state index >= 15 is 0 Å². The highest BCUT2D eigenvalue weighted by atomic mass is 35.5. The molecule has 5 nitrogen and oxygen atoms in total. The van der Waals surface area contributed by atoms with Crippen LogP contribution in [0, 0.1) is 6.92 Å². The molecule has 0 saturated carbocycles. The van der Waals surface area contributed by atoms with Crippen LogP contribution in [0.15, 0.2) is 22.9 Å². The summed E-state index contributed by atoms with van der Waals surface area (Å²) in [6, 6.07) is 3.12. The number of nitrogens with one attached hydrogen (secondary N) is 1. The normalized spacial score (nSPS) is 14.6. The molecule has 1 aliphatic rings. The monoisotopic (exact) mass is 264 g/mol. The van der Waals surface area contributed by atoms with Gasteiger partial charge in [0, 0.05) is 12.6 Å². The molecule has 1 aromatic rings. The molecule has 1 N–H and O–H groups in total. The van der Waals surface area contributed by atoms with E-state index in [2.05, 4.69) is 10.3 Å². The Kier molecular flexibility index (Phi) is 3.00. The summed E-state index contributed by atoms with van der Waals surface area (Å²) in [6.07, 6.45) is 0. The van der Waals surface area contributed by atoms with E-state index in [-0.39, 0.29) is 22.0 Å². The van der Waals surface area contributed by atoms with Crippen molar-refractivity contribution < 1.29 is 14.4 Å². The van der Waals surface area contributed by atoms with Gasteiger partial charge in [-0.2, -0.15) is 0 Å². The van der Waals surface area contributed by atoms with Crippen LogP contribution in [0.3, 0.4) is 0 Å². The molecule has 0 aromatic carbocycles. The van der Waals surface area contributed by atoms with Crippen molar-refractivity contribution in [2.45, 2.75) is 13.8 Å². The fourth-order valence-corrected chi connectivity index (χ4v) is 1.88. The fourth-order valence-electron chi connectivity index (χ4n) is 1.65. The summed E-state index contributed by atoms with van der Waals surface area (Å²) in [6.45, 7) is 2.94. The predicted molar refractivity (Wildman–Crippen MR) is 64.3 cm³/mol. The minimum Gasteiger partial charge on any atom is -0.322 e. The largest absolute Gasteiger partial charge is 0.322 e. The van der Waals surface area contributed by atoms with E-state index < -0.39 is 17.5 Å². The van der Waals surface area contributed by atoms with Crippen molar-refractivity contribution >= 4 is 29.1 Å². The number of halogens is 1. The van der Waals surface area contributed by atoms with Crippen LogP contribution >= 0.6 is 11.6 Å². The van der Waals surface area contributed by atoms with Crippen molar-refractivity contribution in [1.82, 2.24) is 10.3 Å². The highest BCUT2D eigenvalue weighted by Crippen LogP contribution is 2.26. The second-order valence-electron chi connectivity index (χ2n) is 3.88. The topological polar surface area (TPSA) is 76.1 Å². The van der Waals surface area contributed by atoms with Gasteiger partial charge < -0.3 is 5.32 Å². The van der Waals surface area contributed by atoms with Crippen LogP contribution in [0.4, 0.5) is 0 Å². The average Bonchev–Trinajstić information content (AvgIpc) is 2.31. The molecule has 92 valence electrons. The first-order valence-corrected chi connectivity index (χ1v) is 5.54. The Morgan fingerprint density at radius 2 is 1.94 bits per heavy atom. The molecular weight excluding hydrogens is 256 g/mol. The van der Waals surface area contributed by atoms with E-state index in [1.165, 1.54) is 13.0 Å². The zero-order chi connectivity index (χ0) is 13.4. The Bertz CT molecular complexity index is 620. The van der Waals surface area contributed by atoms with Crippen LogP contribution in [0.5, 0.6) is 0 Å². The molecule has 18 heavy (non-hydrogen) atoms. The molecule has 1 amide bonds. The molecular formula is C12H9ClN2O3. The average molecular weight is 265 g/mol. The zero-order valence-corrected chi connectivity index (χ0v) is 10.5. The first-order chi connectivity index (χ1) is 8.41. The quantitative estimate of drug-likeness (QED) is 0.831. The summed E-state index contributed by atoms with van der Waals surface area (Å²) in [7, 11) is 0. The number of aryl methyl sites for hydroxylation is 1. The molecule has 1 aromatic heterocycles. The summed E-state index contributed by atoms with van der Waals surface area (Å²) in [5.74, 6) is -1.52. The van der Waals surface area contributed by atoms with Crippen LogP contribution in [-0.4, -0.2) is 22.5 Å². The third-order valence-electron chi connectivity index (χ3n) is 2.44. The van der Waals surface area contributed by atoms with Crippen molar-refractivity contribution in [3.8, 4) is 0 Å². The molecule has 0 aliphatic heterocycles. The smallest absolute Gasteiger partial charge is 0.225 e. The molecule has 0 bridgehead atoms. The number of allylic oxidation sites excluding steroid dienone is 2. The number of nitrogens with zero attached hydrogens (tertiary/aromatic N) is 1. The minimum atomic E-state index is -0.557. The van der Waals surface area contributed by atoms with E-state index in [1.807, 2.05) is 0 Å². The number of carbonyl (C=O) groups excluding carboxylic acids is 3. The maximum absolute atomic E-state index is 12.1. The molecule has 2 rings (SSSR count). The van der Waals surface area contributed by atoms with Gasteiger partial charge >= 0.3 is 0 Å². The molecule has 6 heteroatoms. The number of amides is 1. The van der Waals surface area contributed by atoms with Gasteiger partial charge in [-0.3, -0.25) is 14.4 Å². The van der Waals surface area contributed by atoms with Crippen molar-refractivity contribution in [3.05, 3.63) is 39.8 Å². The number of ketones is 2. The van der Waals surface area contributed by atoms with Crippen LogP contribution in [0.1, 0.15) is 33.5 Å². The van der Waals surface area contributed by atoms with Gasteiger partial charge in [0.2, 0.25) is 17.5 Å². The maximum Gasteiger partial charge on any atom is 0.225 e. The molecule has 0 spiro atoms. The van der Waals surface area contributed by atoms with E-state index in [0.29, 0.717) is 5.69 Å².